The summed E-state index contributed by atoms with van der Waals surface area (Å²) in [6, 6.07) is 5.10. The van der Waals surface area contributed by atoms with E-state index in [0.717, 1.165) is 10.6 Å². The maximum absolute atomic E-state index is 9.91. The molecule has 0 aliphatic rings. The van der Waals surface area contributed by atoms with Gasteiger partial charge in [-0.1, -0.05) is 11.6 Å². The smallest absolute Gasteiger partial charge is 0.251 e. The lowest BCUT2D eigenvalue weighted by Crippen LogP contribution is -1.97. The number of nitrogens with one attached hydrogen (secondary N) is 1. The van der Waals surface area contributed by atoms with Crippen LogP contribution in [0.1, 0.15) is 10.8 Å². The summed E-state index contributed by atoms with van der Waals surface area (Å²) in [5, 5.41) is 20.8. The summed E-state index contributed by atoms with van der Waals surface area (Å²) in [6.07, 6.45) is 1.72. The molecule has 8 heteroatoms. The summed E-state index contributed by atoms with van der Waals surface area (Å²) in [4.78, 5) is 5.00. The van der Waals surface area contributed by atoms with Crippen molar-refractivity contribution >= 4 is 28.6 Å². The highest BCUT2D eigenvalue weighted by molar-refractivity contribution is 7.15. The van der Waals surface area contributed by atoms with E-state index in [4.69, 9.17) is 16.0 Å². The maximum atomic E-state index is 9.91. The lowest BCUT2D eigenvalue weighted by Gasteiger charge is -2.07. The van der Waals surface area contributed by atoms with Crippen molar-refractivity contribution in [2.75, 3.05) is 5.32 Å². The van der Waals surface area contributed by atoms with Crippen molar-refractivity contribution in [3.8, 4) is 17.2 Å². The average Bonchev–Trinajstić information content (AvgIpc) is 3.07. The Bertz CT molecular complexity index is 771. The number of phenols is 1. The first-order chi connectivity index (χ1) is 10.1. The molecule has 0 spiro atoms. The van der Waals surface area contributed by atoms with Crippen LogP contribution in [0.3, 0.4) is 0 Å². The van der Waals surface area contributed by atoms with E-state index in [1.807, 2.05) is 0 Å². The van der Waals surface area contributed by atoms with Crippen LogP contribution < -0.4 is 5.32 Å². The highest BCUT2D eigenvalue weighted by Gasteiger charge is 2.12. The van der Waals surface area contributed by atoms with Gasteiger partial charge in [0, 0.05) is 23.7 Å². The molecule has 1 aromatic carbocycles. The number of halogens is 1. The zero-order valence-electron chi connectivity index (χ0n) is 11.0. The molecule has 0 fully saturated rings. The maximum Gasteiger partial charge on any atom is 0.251 e. The fourth-order valence-electron chi connectivity index (χ4n) is 1.78. The van der Waals surface area contributed by atoms with Crippen LogP contribution >= 0.6 is 22.9 Å². The van der Waals surface area contributed by atoms with E-state index in [9.17, 15) is 5.11 Å². The molecular formula is C13H11ClN4O2S. The fraction of sp³-hybridized carbons (Fsp3) is 0.154. The van der Waals surface area contributed by atoms with Crippen LogP contribution in [0.4, 0.5) is 5.69 Å². The Morgan fingerprint density at radius 3 is 2.90 bits per heavy atom. The van der Waals surface area contributed by atoms with Gasteiger partial charge in [-0.3, -0.25) is 0 Å². The van der Waals surface area contributed by atoms with Crippen molar-refractivity contribution in [3.05, 3.63) is 39.6 Å². The number of hydrogen-bond acceptors (Lipinski definition) is 7. The van der Waals surface area contributed by atoms with Crippen molar-refractivity contribution in [3.63, 3.8) is 0 Å². The van der Waals surface area contributed by atoms with E-state index in [-0.39, 0.29) is 11.6 Å². The van der Waals surface area contributed by atoms with Gasteiger partial charge < -0.3 is 14.8 Å². The molecule has 2 N–H and O–H groups in total. The highest BCUT2D eigenvalue weighted by atomic mass is 35.5. The summed E-state index contributed by atoms with van der Waals surface area (Å²) in [5.41, 5.74) is 1.31. The van der Waals surface area contributed by atoms with Crippen LogP contribution in [0.2, 0.25) is 4.47 Å². The summed E-state index contributed by atoms with van der Waals surface area (Å²) in [5.74, 6) is 0.821. The summed E-state index contributed by atoms with van der Waals surface area (Å²) < 4.78 is 5.85. The monoisotopic (exact) mass is 322 g/mol. The van der Waals surface area contributed by atoms with Crippen molar-refractivity contribution < 1.29 is 9.52 Å². The van der Waals surface area contributed by atoms with Gasteiger partial charge in [-0.25, -0.2) is 4.98 Å². The minimum absolute atomic E-state index is 0.0880. The Hall–Kier alpha value is -2.12. The number of aromatic nitrogens is 3. The van der Waals surface area contributed by atoms with Gasteiger partial charge in [-0.05, 0) is 18.2 Å². The van der Waals surface area contributed by atoms with Crippen LogP contribution in [0, 0.1) is 6.92 Å². The molecular weight excluding hydrogens is 312 g/mol. The standard InChI is InChI=1S/C13H11ClN4O2S/c1-7-17-18-12(20-7)10-4-8(2-3-11(10)19)15-5-9-6-16-13(14)21-9/h2-4,6,15,19H,5H2,1H3. The minimum atomic E-state index is 0.0880. The number of rotatable bonds is 4. The van der Waals surface area contributed by atoms with Gasteiger partial charge >= 0.3 is 0 Å². The molecule has 0 aliphatic heterocycles. The third-order valence-corrected chi connectivity index (χ3v) is 3.86. The number of anilines is 1. The molecule has 2 aromatic heterocycles. The van der Waals surface area contributed by atoms with Gasteiger partial charge in [0.25, 0.3) is 5.89 Å². The first-order valence-electron chi connectivity index (χ1n) is 6.09. The van der Waals surface area contributed by atoms with Gasteiger partial charge in [-0.2, -0.15) is 0 Å². The molecule has 0 aliphatic carbocycles. The van der Waals surface area contributed by atoms with Gasteiger partial charge in [0.05, 0.1) is 12.1 Å². The quantitative estimate of drug-likeness (QED) is 0.715. The number of nitrogens with zero attached hydrogens (tertiary/aromatic N) is 3. The van der Waals surface area contributed by atoms with Gasteiger partial charge in [0.2, 0.25) is 5.89 Å². The number of aryl methyl sites for hydroxylation is 1. The number of phenolic OH excluding ortho intramolecular Hbond substituents is 1. The van der Waals surface area contributed by atoms with Gasteiger partial charge in [0.15, 0.2) is 4.47 Å². The lowest BCUT2D eigenvalue weighted by molar-refractivity contribution is 0.471. The Morgan fingerprint density at radius 1 is 1.38 bits per heavy atom. The summed E-state index contributed by atoms with van der Waals surface area (Å²) in [7, 11) is 0. The van der Waals surface area contributed by atoms with E-state index in [2.05, 4.69) is 20.5 Å². The van der Waals surface area contributed by atoms with E-state index in [0.29, 0.717) is 22.5 Å². The molecule has 0 unspecified atom stereocenters. The van der Waals surface area contributed by atoms with Crippen LogP contribution in [-0.2, 0) is 6.54 Å². The highest BCUT2D eigenvalue weighted by Crippen LogP contribution is 2.31. The average molecular weight is 323 g/mol. The second-order valence-electron chi connectivity index (χ2n) is 4.29. The predicted octanol–water partition coefficient (Wildman–Crippen LogP) is 3.47. The molecule has 6 nitrogen and oxygen atoms in total. The van der Waals surface area contributed by atoms with E-state index in [1.54, 1.807) is 31.3 Å². The number of thiazole rings is 1. The molecule has 0 atom stereocenters. The number of benzene rings is 1. The molecule has 21 heavy (non-hydrogen) atoms. The summed E-state index contributed by atoms with van der Waals surface area (Å²) in [6.45, 7) is 2.29. The second kappa shape index (κ2) is 5.71. The van der Waals surface area contributed by atoms with Crippen molar-refractivity contribution in [1.82, 2.24) is 15.2 Å². The van der Waals surface area contributed by atoms with Gasteiger partial charge in [-0.15, -0.1) is 21.5 Å². The molecule has 108 valence electrons. The molecule has 0 amide bonds. The Balaban J connectivity index is 1.80. The van der Waals surface area contributed by atoms with E-state index in [1.165, 1.54) is 11.3 Å². The SMILES string of the molecule is Cc1nnc(-c2cc(NCc3cnc(Cl)s3)ccc2O)o1. The molecule has 3 rings (SSSR count). The van der Waals surface area contributed by atoms with Crippen molar-refractivity contribution in [1.29, 1.82) is 0 Å². The largest absolute Gasteiger partial charge is 0.507 e. The minimum Gasteiger partial charge on any atom is -0.507 e. The zero-order valence-corrected chi connectivity index (χ0v) is 12.6. The molecule has 0 saturated heterocycles. The molecule has 0 bridgehead atoms. The Labute approximate surface area is 129 Å². The lowest BCUT2D eigenvalue weighted by atomic mass is 10.1. The second-order valence-corrected chi connectivity index (χ2v) is 5.99. The van der Waals surface area contributed by atoms with Crippen molar-refractivity contribution in [2.24, 2.45) is 0 Å². The van der Waals surface area contributed by atoms with Crippen LogP contribution in [-0.4, -0.2) is 20.3 Å². The number of hydrogen-bond donors (Lipinski definition) is 2. The van der Waals surface area contributed by atoms with Crippen molar-refractivity contribution in [2.45, 2.75) is 13.5 Å². The predicted molar refractivity (Wildman–Crippen MR) is 80.6 cm³/mol. The fourth-order valence-corrected chi connectivity index (χ4v) is 2.69. The normalized spacial score (nSPS) is 10.8. The molecule has 0 radical (unpaired) electrons. The Morgan fingerprint density at radius 2 is 2.24 bits per heavy atom. The zero-order chi connectivity index (χ0) is 14.8. The third-order valence-electron chi connectivity index (χ3n) is 2.75. The van der Waals surface area contributed by atoms with Crippen LogP contribution in [0.15, 0.2) is 28.8 Å². The molecule has 3 aromatic rings. The number of aromatic hydroxyl groups is 1. The van der Waals surface area contributed by atoms with Crippen LogP contribution in [0.5, 0.6) is 5.75 Å². The molecule has 2 heterocycles. The van der Waals surface area contributed by atoms with Crippen LogP contribution in [0.25, 0.3) is 11.5 Å². The first kappa shape index (κ1) is 13.8. The van der Waals surface area contributed by atoms with E-state index >= 15 is 0 Å². The third kappa shape index (κ3) is 3.14. The first-order valence-corrected chi connectivity index (χ1v) is 7.29. The molecule has 0 saturated carbocycles. The topological polar surface area (TPSA) is 84.1 Å². The van der Waals surface area contributed by atoms with E-state index < -0.39 is 0 Å². The summed E-state index contributed by atoms with van der Waals surface area (Å²) >= 11 is 7.21. The Kier molecular flexibility index (Phi) is 3.76. The van der Waals surface area contributed by atoms with Gasteiger partial charge in [0.1, 0.15) is 5.75 Å².